The number of nitrogens with two attached hydrogens (primary N) is 2. The van der Waals surface area contributed by atoms with E-state index in [1.54, 1.807) is 0 Å². The zero-order chi connectivity index (χ0) is 18.0. The summed E-state index contributed by atoms with van der Waals surface area (Å²) in [6, 6.07) is 0. The third kappa shape index (κ3) is 3.71. The predicted octanol–water partition coefficient (Wildman–Crippen LogP) is 0.793. The van der Waals surface area contributed by atoms with Gasteiger partial charge >= 0.3 is 5.69 Å². The van der Waals surface area contributed by atoms with Gasteiger partial charge < -0.3 is 21.4 Å². The number of piperidine rings is 1. The van der Waals surface area contributed by atoms with Crippen LogP contribution in [0.4, 0.5) is 17.3 Å². The molecule has 3 rings (SSSR count). The van der Waals surface area contributed by atoms with Crippen LogP contribution in [0.5, 0.6) is 0 Å². The van der Waals surface area contributed by atoms with Crippen molar-refractivity contribution in [2.75, 3.05) is 29.5 Å². The summed E-state index contributed by atoms with van der Waals surface area (Å²) >= 11 is 5.83. The topological polar surface area (TPSA) is 144 Å². The number of ketones is 1. The third-order valence-electron chi connectivity index (χ3n) is 4.07. The minimum Gasteiger partial charge on any atom is -0.382 e. The first kappa shape index (κ1) is 17.2. The molecule has 25 heavy (non-hydrogen) atoms. The Hall–Kier alpha value is -2.68. The second-order valence-electron chi connectivity index (χ2n) is 5.83. The Labute approximate surface area is 148 Å². The van der Waals surface area contributed by atoms with E-state index in [0.29, 0.717) is 5.69 Å². The van der Waals surface area contributed by atoms with Crippen LogP contribution in [0.1, 0.15) is 35.4 Å². The summed E-state index contributed by atoms with van der Waals surface area (Å²) in [7, 11) is 0. The van der Waals surface area contributed by atoms with Crippen molar-refractivity contribution in [3.63, 3.8) is 0 Å². The largest absolute Gasteiger partial charge is 0.382 e. The van der Waals surface area contributed by atoms with E-state index in [1.807, 2.05) is 0 Å². The number of hydrogen-bond acceptors (Lipinski definition) is 8. The fourth-order valence-electron chi connectivity index (χ4n) is 2.86. The van der Waals surface area contributed by atoms with Gasteiger partial charge in [0.25, 0.3) is 0 Å². The van der Waals surface area contributed by atoms with Crippen LogP contribution in [0.15, 0.2) is 11.0 Å². The second-order valence-corrected chi connectivity index (χ2v) is 6.19. The normalized spacial score (nSPS) is 14.5. The maximum absolute atomic E-state index is 12.6. The Balaban J connectivity index is 1.92. The summed E-state index contributed by atoms with van der Waals surface area (Å²) < 4.78 is 0. The molecule has 0 aromatic carbocycles. The molecular formula is C15H18ClN7O2. The summed E-state index contributed by atoms with van der Waals surface area (Å²) in [6.45, 7) is 1.70. The molecule has 3 heterocycles. The van der Waals surface area contributed by atoms with Gasteiger partial charge in [-0.2, -0.15) is 4.98 Å². The molecule has 132 valence electrons. The number of carbonyl (C=O) groups is 1. The van der Waals surface area contributed by atoms with E-state index >= 15 is 0 Å². The molecule has 10 heteroatoms. The molecule has 1 fully saturated rings. The van der Waals surface area contributed by atoms with Crippen LogP contribution in [0.25, 0.3) is 0 Å². The van der Waals surface area contributed by atoms with Gasteiger partial charge in [0.2, 0.25) is 0 Å². The number of rotatable bonds is 4. The van der Waals surface area contributed by atoms with E-state index < -0.39 is 11.5 Å². The highest BCUT2D eigenvalue weighted by atomic mass is 35.5. The Morgan fingerprint density at radius 1 is 1.20 bits per heavy atom. The molecule has 2 aromatic heterocycles. The number of nitrogens with zero attached hydrogens (tertiary/aromatic N) is 4. The van der Waals surface area contributed by atoms with E-state index in [9.17, 15) is 9.59 Å². The van der Waals surface area contributed by atoms with Gasteiger partial charge in [-0.05, 0) is 19.3 Å². The van der Waals surface area contributed by atoms with Gasteiger partial charge in [0.15, 0.2) is 28.3 Å². The number of anilines is 3. The Morgan fingerprint density at radius 3 is 2.64 bits per heavy atom. The molecule has 0 aliphatic carbocycles. The lowest BCUT2D eigenvalue weighted by atomic mass is 10.1. The lowest BCUT2D eigenvalue weighted by Crippen LogP contribution is -2.32. The van der Waals surface area contributed by atoms with E-state index in [1.165, 1.54) is 6.20 Å². The number of halogens is 1. The molecule has 0 unspecified atom stereocenters. The van der Waals surface area contributed by atoms with E-state index in [4.69, 9.17) is 23.1 Å². The first-order valence-corrected chi connectivity index (χ1v) is 8.28. The highest BCUT2D eigenvalue weighted by Crippen LogP contribution is 2.24. The number of aromatic nitrogens is 4. The Morgan fingerprint density at radius 2 is 1.92 bits per heavy atom. The lowest BCUT2D eigenvalue weighted by Gasteiger charge is -2.29. The first-order valence-electron chi connectivity index (χ1n) is 7.90. The van der Waals surface area contributed by atoms with E-state index in [0.717, 1.165) is 38.0 Å². The van der Waals surface area contributed by atoms with Gasteiger partial charge in [-0.25, -0.2) is 14.8 Å². The maximum Gasteiger partial charge on any atom is 0.345 e. The highest BCUT2D eigenvalue weighted by molar-refractivity contribution is 6.31. The van der Waals surface area contributed by atoms with Crippen molar-refractivity contribution in [2.24, 2.45) is 0 Å². The average Bonchev–Trinajstić information content (AvgIpc) is 2.59. The molecule has 0 atom stereocenters. The van der Waals surface area contributed by atoms with Crippen molar-refractivity contribution in [3.8, 4) is 0 Å². The molecule has 5 N–H and O–H groups in total. The summed E-state index contributed by atoms with van der Waals surface area (Å²) in [4.78, 5) is 40.5. The second kappa shape index (κ2) is 7.06. The predicted molar refractivity (Wildman–Crippen MR) is 94.8 cm³/mol. The van der Waals surface area contributed by atoms with Crippen LogP contribution < -0.4 is 22.1 Å². The number of nitrogen functional groups attached to an aromatic ring is 2. The minimum absolute atomic E-state index is 0.0398. The number of H-pyrrole nitrogens is 1. The summed E-state index contributed by atoms with van der Waals surface area (Å²) in [6.07, 6.45) is 4.68. The van der Waals surface area contributed by atoms with Crippen LogP contribution in [0.3, 0.4) is 0 Å². The van der Waals surface area contributed by atoms with Gasteiger partial charge in [-0.1, -0.05) is 11.6 Å². The Kier molecular flexibility index (Phi) is 4.84. The van der Waals surface area contributed by atoms with E-state index in [2.05, 4.69) is 24.8 Å². The summed E-state index contributed by atoms with van der Waals surface area (Å²) in [5, 5.41) is -0.0861. The molecular weight excluding hydrogens is 346 g/mol. The molecule has 1 aliphatic heterocycles. The van der Waals surface area contributed by atoms with Crippen molar-refractivity contribution in [2.45, 2.75) is 25.7 Å². The third-order valence-corrected chi connectivity index (χ3v) is 4.35. The molecule has 0 saturated carbocycles. The molecule has 1 aliphatic rings. The van der Waals surface area contributed by atoms with Crippen LogP contribution in [-0.4, -0.2) is 38.8 Å². The lowest BCUT2D eigenvalue weighted by molar-refractivity contribution is 0.0988. The summed E-state index contributed by atoms with van der Waals surface area (Å²) in [5.41, 5.74) is 11.9. The zero-order valence-corrected chi connectivity index (χ0v) is 14.2. The molecule has 9 nitrogen and oxygen atoms in total. The van der Waals surface area contributed by atoms with Crippen LogP contribution in [0.2, 0.25) is 5.15 Å². The van der Waals surface area contributed by atoms with Crippen molar-refractivity contribution >= 4 is 34.7 Å². The number of Topliss-reactive ketones (excluding diaryl/α,β-unsaturated/α-hetero) is 1. The summed E-state index contributed by atoms with van der Waals surface area (Å²) in [5.74, 6) is -0.545. The molecule has 0 spiro atoms. The van der Waals surface area contributed by atoms with E-state index in [-0.39, 0.29) is 28.9 Å². The molecule has 1 saturated heterocycles. The van der Waals surface area contributed by atoms with Gasteiger partial charge in [-0.15, -0.1) is 0 Å². The monoisotopic (exact) mass is 363 g/mol. The van der Waals surface area contributed by atoms with Crippen molar-refractivity contribution in [1.29, 1.82) is 0 Å². The van der Waals surface area contributed by atoms with Crippen LogP contribution in [-0.2, 0) is 6.42 Å². The molecule has 2 aromatic rings. The number of aromatic amines is 1. The molecule has 0 bridgehead atoms. The highest BCUT2D eigenvalue weighted by Gasteiger charge is 2.21. The van der Waals surface area contributed by atoms with Crippen LogP contribution in [0, 0.1) is 0 Å². The maximum atomic E-state index is 12.6. The van der Waals surface area contributed by atoms with Crippen molar-refractivity contribution in [3.05, 3.63) is 33.2 Å². The number of hydrogen-bond donors (Lipinski definition) is 3. The van der Waals surface area contributed by atoms with Gasteiger partial charge in [0, 0.05) is 13.1 Å². The van der Waals surface area contributed by atoms with Crippen LogP contribution >= 0.6 is 11.6 Å². The first-order chi connectivity index (χ1) is 12.0. The number of nitrogens with one attached hydrogen (secondary N) is 1. The smallest absolute Gasteiger partial charge is 0.345 e. The van der Waals surface area contributed by atoms with Gasteiger partial charge in [-0.3, -0.25) is 4.79 Å². The minimum atomic E-state index is -0.516. The molecule has 0 radical (unpaired) electrons. The molecule has 0 amide bonds. The van der Waals surface area contributed by atoms with Gasteiger partial charge in [0.1, 0.15) is 0 Å². The average molecular weight is 364 g/mol. The standard InChI is InChI=1S/C15H18ClN7O2/c16-12-14(18)22-13(17)11(21-12)10(24)6-8-9(7-19-15(25)20-8)23-4-2-1-3-5-23/h7H,1-6H2,(H4,17,18,22)(H,19,20,25). The fourth-order valence-corrected chi connectivity index (χ4v) is 2.98. The van der Waals surface area contributed by atoms with Crippen molar-refractivity contribution in [1.82, 2.24) is 19.9 Å². The zero-order valence-electron chi connectivity index (χ0n) is 13.5. The van der Waals surface area contributed by atoms with Gasteiger partial charge in [0.05, 0.1) is 24.0 Å². The number of carbonyl (C=O) groups excluding carboxylic acids is 1. The SMILES string of the molecule is Nc1nc(N)c(C(=O)Cc2[nH]c(=O)ncc2N2CCCCC2)nc1Cl. The van der Waals surface area contributed by atoms with Crippen molar-refractivity contribution < 1.29 is 4.79 Å². The fraction of sp³-hybridized carbons (Fsp3) is 0.400. The quantitative estimate of drug-likeness (QED) is 0.676. The Bertz CT molecular complexity index is 861.